The second-order valence-electron chi connectivity index (χ2n) is 6.44. The van der Waals surface area contributed by atoms with Crippen LogP contribution in [0.5, 0.6) is 0 Å². The molecular formula is C21H18O5. The monoisotopic (exact) mass is 350 g/mol. The molecule has 0 aromatic heterocycles. The first-order chi connectivity index (χ1) is 12.5. The van der Waals surface area contributed by atoms with Crippen LogP contribution in [0.2, 0.25) is 0 Å². The van der Waals surface area contributed by atoms with E-state index in [1.54, 1.807) is 43.3 Å². The van der Waals surface area contributed by atoms with Crippen molar-refractivity contribution in [1.29, 1.82) is 0 Å². The molecule has 0 spiro atoms. The Labute approximate surface area is 150 Å². The fourth-order valence-corrected chi connectivity index (χ4v) is 3.75. The Balaban J connectivity index is 1.93. The van der Waals surface area contributed by atoms with Gasteiger partial charge in [-0.25, -0.2) is 4.79 Å². The molecule has 0 bridgehead atoms. The Bertz CT molecular complexity index is 930. The van der Waals surface area contributed by atoms with Gasteiger partial charge in [-0.15, -0.1) is 0 Å². The maximum Gasteiger partial charge on any atom is 0.350 e. The molecule has 2 aliphatic rings. The molecule has 1 heterocycles. The lowest BCUT2D eigenvalue weighted by molar-refractivity contribution is -0.147. The highest BCUT2D eigenvalue weighted by atomic mass is 16.7. The Morgan fingerprint density at radius 2 is 1.58 bits per heavy atom. The molecular weight excluding hydrogens is 332 g/mol. The first-order valence-corrected chi connectivity index (χ1v) is 8.68. The van der Waals surface area contributed by atoms with Gasteiger partial charge in [-0.2, -0.15) is 0 Å². The van der Waals surface area contributed by atoms with Crippen molar-refractivity contribution in [3.63, 3.8) is 0 Å². The van der Waals surface area contributed by atoms with Gasteiger partial charge in [-0.1, -0.05) is 55.5 Å². The summed E-state index contributed by atoms with van der Waals surface area (Å²) in [5.74, 6) is -1.72. The zero-order chi connectivity index (χ0) is 18.5. The topological polar surface area (TPSA) is 73.0 Å². The van der Waals surface area contributed by atoms with Gasteiger partial charge in [-0.05, 0) is 24.5 Å². The average molecular weight is 350 g/mol. The summed E-state index contributed by atoms with van der Waals surface area (Å²) < 4.78 is 10.9. The number of hydrogen-bond acceptors (Lipinski definition) is 5. The molecule has 2 aromatic carbocycles. The molecule has 0 radical (unpaired) electrons. The number of benzene rings is 2. The number of aryl methyl sites for hydroxylation is 1. The van der Waals surface area contributed by atoms with Crippen LogP contribution >= 0.6 is 0 Å². The zero-order valence-electron chi connectivity index (χ0n) is 14.6. The minimum Gasteiger partial charge on any atom is -0.463 e. The third-order valence-corrected chi connectivity index (χ3v) is 5.15. The van der Waals surface area contributed by atoms with Gasteiger partial charge in [0.05, 0.1) is 6.61 Å². The Morgan fingerprint density at radius 3 is 2.15 bits per heavy atom. The number of ether oxygens (including phenoxy) is 2. The minimum absolute atomic E-state index is 0.0952. The van der Waals surface area contributed by atoms with Crippen LogP contribution in [0.3, 0.4) is 0 Å². The molecule has 0 saturated carbocycles. The second-order valence-corrected chi connectivity index (χ2v) is 6.44. The summed E-state index contributed by atoms with van der Waals surface area (Å²) in [7, 11) is 0. The number of carbonyl (C=O) groups is 3. The van der Waals surface area contributed by atoms with Crippen molar-refractivity contribution in [2.45, 2.75) is 31.5 Å². The Morgan fingerprint density at radius 1 is 0.962 bits per heavy atom. The molecule has 0 N–H and O–H groups in total. The van der Waals surface area contributed by atoms with E-state index in [9.17, 15) is 14.4 Å². The molecule has 0 amide bonds. The van der Waals surface area contributed by atoms with Crippen molar-refractivity contribution in [2.24, 2.45) is 0 Å². The van der Waals surface area contributed by atoms with Crippen molar-refractivity contribution < 1.29 is 23.9 Å². The highest BCUT2D eigenvalue weighted by Gasteiger charge is 2.86. The third-order valence-electron chi connectivity index (χ3n) is 5.15. The molecule has 1 aliphatic heterocycles. The average Bonchev–Trinajstić information content (AvgIpc) is 3.40. The number of epoxide rings is 1. The van der Waals surface area contributed by atoms with Crippen molar-refractivity contribution in [3.8, 4) is 0 Å². The predicted molar refractivity (Wildman–Crippen MR) is 93.1 cm³/mol. The molecule has 26 heavy (non-hydrogen) atoms. The van der Waals surface area contributed by atoms with Gasteiger partial charge in [0.15, 0.2) is 0 Å². The normalized spacial score (nSPS) is 26.1. The third kappa shape index (κ3) is 1.86. The maximum atomic E-state index is 13.3. The number of rotatable bonds is 4. The standard InChI is InChI=1S/C21H18O5/c1-3-13-9-11-14(12-10-13)20-17(22)15-7-5-6-8-16(15)18(23)21(20,26-20)19(24)25-4-2/h5-12H,3-4H2,1-2H3/t20-,21+/m0/s1. The molecule has 1 fully saturated rings. The van der Waals surface area contributed by atoms with Crippen molar-refractivity contribution in [3.05, 3.63) is 70.8 Å². The SMILES string of the molecule is CCOC(=O)[C@@]12O[C@@]1(c1ccc(CC)cc1)C(=O)c1ccccc1C2=O. The first-order valence-electron chi connectivity index (χ1n) is 8.68. The molecule has 2 aromatic rings. The van der Waals surface area contributed by atoms with E-state index in [-0.39, 0.29) is 23.5 Å². The number of ketones is 2. The fourth-order valence-electron chi connectivity index (χ4n) is 3.75. The van der Waals surface area contributed by atoms with Gasteiger partial charge in [0.1, 0.15) is 0 Å². The number of hydrogen-bond donors (Lipinski definition) is 0. The minimum atomic E-state index is -1.93. The van der Waals surface area contributed by atoms with E-state index >= 15 is 0 Å². The van der Waals surface area contributed by atoms with Crippen LogP contribution in [-0.4, -0.2) is 29.7 Å². The van der Waals surface area contributed by atoms with E-state index < -0.39 is 23.0 Å². The number of Topliss-reactive ketones (excluding diaryl/α,β-unsaturated/α-hetero) is 2. The zero-order valence-corrected chi connectivity index (χ0v) is 14.6. The summed E-state index contributed by atoms with van der Waals surface area (Å²) in [5, 5.41) is 0. The van der Waals surface area contributed by atoms with Crippen molar-refractivity contribution in [2.75, 3.05) is 6.61 Å². The number of carbonyl (C=O) groups excluding carboxylic acids is 3. The van der Waals surface area contributed by atoms with Crippen molar-refractivity contribution in [1.82, 2.24) is 0 Å². The summed E-state index contributed by atoms with van der Waals surface area (Å²) in [5.41, 5.74) is -1.52. The lowest BCUT2D eigenvalue weighted by Gasteiger charge is -2.24. The number of fused-ring (bicyclic) bond motifs is 2. The summed E-state index contributed by atoms with van der Waals surface area (Å²) in [6.07, 6.45) is 0.840. The largest absolute Gasteiger partial charge is 0.463 e. The van der Waals surface area contributed by atoms with Gasteiger partial charge in [0.2, 0.25) is 17.2 Å². The van der Waals surface area contributed by atoms with Gasteiger partial charge in [0.25, 0.3) is 5.60 Å². The molecule has 5 nitrogen and oxygen atoms in total. The van der Waals surface area contributed by atoms with Gasteiger partial charge < -0.3 is 9.47 Å². The van der Waals surface area contributed by atoms with E-state index in [0.717, 1.165) is 12.0 Å². The van der Waals surface area contributed by atoms with Crippen LogP contribution in [0.4, 0.5) is 0 Å². The van der Waals surface area contributed by atoms with Crippen LogP contribution in [0.1, 0.15) is 45.7 Å². The molecule has 5 heteroatoms. The van der Waals surface area contributed by atoms with Crippen LogP contribution in [0.15, 0.2) is 48.5 Å². The predicted octanol–water partition coefficient (Wildman–Crippen LogP) is 2.86. The van der Waals surface area contributed by atoms with E-state index in [4.69, 9.17) is 9.47 Å². The second kappa shape index (κ2) is 5.61. The molecule has 4 rings (SSSR count). The summed E-state index contributed by atoms with van der Waals surface area (Å²) in [6, 6.07) is 13.7. The Hall–Kier alpha value is -2.79. The molecule has 132 valence electrons. The van der Waals surface area contributed by atoms with Crippen LogP contribution in [0.25, 0.3) is 0 Å². The fraction of sp³-hybridized carbons (Fsp3) is 0.286. The van der Waals surface area contributed by atoms with Crippen LogP contribution in [-0.2, 0) is 26.3 Å². The highest BCUT2D eigenvalue weighted by molar-refractivity contribution is 6.32. The van der Waals surface area contributed by atoms with Crippen LogP contribution in [0, 0.1) is 0 Å². The highest BCUT2D eigenvalue weighted by Crippen LogP contribution is 2.62. The van der Waals surface area contributed by atoms with E-state index in [1.165, 1.54) is 0 Å². The quantitative estimate of drug-likeness (QED) is 0.482. The maximum absolute atomic E-state index is 13.3. The lowest BCUT2D eigenvalue weighted by Crippen LogP contribution is -2.49. The summed E-state index contributed by atoms with van der Waals surface area (Å²) in [6.45, 7) is 3.77. The Kier molecular flexibility index (Phi) is 3.59. The van der Waals surface area contributed by atoms with Gasteiger partial charge >= 0.3 is 5.97 Å². The smallest absolute Gasteiger partial charge is 0.350 e. The molecule has 1 aliphatic carbocycles. The lowest BCUT2D eigenvalue weighted by atomic mass is 9.71. The van der Waals surface area contributed by atoms with Gasteiger partial charge in [0, 0.05) is 11.1 Å². The first kappa shape index (κ1) is 16.7. The summed E-state index contributed by atoms with van der Waals surface area (Å²) >= 11 is 0. The molecule has 0 unspecified atom stereocenters. The molecule has 2 atom stereocenters. The summed E-state index contributed by atoms with van der Waals surface area (Å²) in [4.78, 5) is 39.2. The van der Waals surface area contributed by atoms with Crippen molar-refractivity contribution >= 4 is 17.5 Å². The molecule has 1 saturated heterocycles. The number of esters is 1. The van der Waals surface area contributed by atoms with E-state index in [0.29, 0.717) is 5.56 Å². The van der Waals surface area contributed by atoms with E-state index in [2.05, 4.69) is 0 Å². The van der Waals surface area contributed by atoms with Gasteiger partial charge in [-0.3, -0.25) is 9.59 Å². The van der Waals surface area contributed by atoms with Crippen LogP contribution < -0.4 is 0 Å². The van der Waals surface area contributed by atoms with E-state index in [1.807, 2.05) is 19.1 Å².